The first-order chi connectivity index (χ1) is 25.1. The van der Waals surface area contributed by atoms with E-state index in [-0.39, 0.29) is 43.4 Å². The molecule has 0 bridgehead atoms. The molecule has 0 aliphatic carbocycles. The topological polar surface area (TPSA) is 167 Å². The summed E-state index contributed by atoms with van der Waals surface area (Å²) in [4.78, 5) is 47.3. The van der Waals surface area contributed by atoms with E-state index in [0.29, 0.717) is 92.3 Å². The number of benzene rings is 2. The fourth-order valence-electron chi connectivity index (χ4n) is 6.39. The summed E-state index contributed by atoms with van der Waals surface area (Å²) < 4.78 is 29.1. The third-order valence-electron chi connectivity index (χ3n) is 9.38. The van der Waals surface area contributed by atoms with Gasteiger partial charge in [-0.2, -0.15) is 5.10 Å². The molecule has 5 rings (SSSR count). The summed E-state index contributed by atoms with van der Waals surface area (Å²) >= 11 is 0. The lowest BCUT2D eigenvalue weighted by Crippen LogP contribution is -2.51. The number of amides is 3. The molecule has 0 saturated heterocycles. The van der Waals surface area contributed by atoms with E-state index >= 15 is 0 Å². The van der Waals surface area contributed by atoms with Gasteiger partial charge in [0.05, 0.1) is 27.4 Å². The van der Waals surface area contributed by atoms with Crippen LogP contribution in [-0.4, -0.2) is 91.2 Å². The van der Waals surface area contributed by atoms with Crippen LogP contribution >= 0.6 is 0 Å². The second-order valence-electron chi connectivity index (χ2n) is 13.2. The molecule has 0 fully saturated rings. The fourth-order valence-corrected chi connectivity index (χ4v) is 6.39. The van der Waals surface area contributed by atoms with Crippen molar-refractivity contribution in [2.75, 3.05) is 47.8 Å². The van der Waals surface area contributed by atoms with Gasteiger partial charge in [-0.05, 0) is 67.6 Å². The second-order valence-corrected chi connectivity index (χ2v) is 13.2. The zero-order chi connectivity index (χ0) is 37.2. The molecule has 52 heavy (non-hydrogen) atoms. The lowest BCUT2D eigenvalue weighted by molar-refractivity contribution is -0.130. The minimum absolute atomic E-state index is 0.0826. The van der Waals surface area contributed by atoms with E-state index in [4.69, 9.17) is 33.8 Å². The fraction of sp³-hybridized carbons (Fsp3) is 0.541. The maximum atomic E-state index is 13.7. The SMILES string of the molecule is CC[C@H](C)[C@@H]1NC(=O)CCCN(Cc2cc(OC)c3c(c2)OCO3)CCCNC(=O)Cn2nc(Cc3ccc(OC)c(OC)c3)nc2[C@@H](C)NC1=O. The quantitative estimate of drug-likeness (QED) is 0.297. The largest absolute Gasteiger partial charge is 0.493 e. The molecule has 0 saturated carbocycles. The number of nitrogens with one attached hydrogen (secondary N) is 3. The van der Waals surface area contributed by atoms with Crippen molar-refractivity contribution in [3.8, 4) is 28.7 Å². The standard InChI is InChI=1S/C37H51N7O8/c1-7-23(2)34-37(47)39-24(3)36-40-31(19-25-11-12-27(48-4)28(16-25)49-5)42-44(36)21-33(46)38-13-9-15-43(14-8-10-32(45)41-34)20-26-17-29(50-6)35-30(18-26)51-22-52-35/h11-12,16-18,23-24,34H,7-10,13-15,19-22H2,1-6H3,(H,38,46)(H,39,47)(H,41,45)/t23-,24+,34-/m0/s1. The molecule has 3 atom stereocenters. The Morgan fingerprint density at radius 2 is 1.67 bits per heavy atom. The Labute approximate surface area is 304 Å². The van der Waals surface area contributed by atoms with Gasteiger partial charge in [0.1, 0.15) is 18.4 Å². The van der Waals surface area contributed by atoms with Gasteiger partial charge in [0, 0.05) is 32.5 Å². The summed E-state index contributed by atoms with van der Waals surface area (Å²) in [7, 11) is 4.74. The molecule has 282 valence electrons. The first-order valence-electron chi connectivity index (χ1n) is 17.8. The molecule has 0 unspecified atom stereocenters. The van der Waals surface area contributed by atoms with E-state index in [9.17, 15) is 14.4 Å². The molecule has 0 spiro atoms. The molecule has 3 N–H and O–H groups in total. The van der Waals surface area contributed by atoms with Gasteiger partial charge in [-0.3, -0.25) is 19.3 Å². The van der Waals surface area contributed by atoms with Crippen LogP contribution in [0.2, 0.25) is 0 Å². The van der Waals surface area contributed by atoms with Crippen molar-refractivity contribution in [2.24, 2.45) is 5.92 Å². The third kappa shape index (κ3) is 9.63. The van der Waals surface area contributed by atoms with Gasteiger partial charge >= 0.3 is 0 Å². The van der Waals surface area contributed by atoms with Gasteiger partial charge in [0.15, 0.2) is 28.8 Å². The van der Waals surface area contributed by atoms with Gasteiger partial charge < -0.3 is 39.6 Å². The van der Waals surface area contributed by atoms with Gasteiger partial charge in [-0.15, -0.1) is 0 Å². The molecule has 15 nitrogen and oxygen atoms in total. The Bertz CT molecular complexity index is 1710. The minimum Gasteiger partial charge on any atom is -0.493 e. The first kappa shape index (κ1) is 38.2. The Balaban J connectivity index is 1.37. The highest BCUT2D eigenvalue weighted by atomic mass is 16.7. The lowest BCUT2D eigenvalue weighted by atomic mass is 9.97. The number of carbonyl (C=O) groups is 3. The van der Waals surface area contributed by atoms with Crippen LogP contribution in [0.3, 0.4) is 0 Å². The van der Waals surface area contributed by atoms with Crippen molar-refractivity contribution in [2.45, 2.75) is 78.0 Å². The number of fused-ring (bicyclic) bond motifs is 2. The molecule has 3 heterocycles. The summed E-state index contributed by atoms with van der Waals surface area (Å²) in [6, 6.07) is 8.10. The molecular weight excluding hydrogens is 670 g/mol. The number of nitrogens with zero attached hydrogens (tertiary/aromatic N) is 4. The Morgan fingerprint density at radius 3 is 2.42 bits per heavy atom. The third-order valence-corrected chi connectivity index (χ3v) is 9.38. The van der Waals surface area contributed by atoms with Crippen LogP contribution in [-0.2, 0) is 33.9 Å². The van der Waals surface area contributed by atoms with Crippen molar-refractivity contribution < 1.29 is 38.1 Å². The predicted molar refractivity (Wildman–Crippen MR) is 192 cm³/mol. The van der Waals surface area contributed by atoms with Crippen molar-refractivity contribution >= 4 is 17.7 Å². The van der Waals surface area contributed by atoms with Gasteiger partial charge in [0.25, 0.3) is 0 Å². The van der Waals surface area contributed by atoms with Crippen LogP contribution in [0.25, 0.3) is 0 Å². The van der Waals surface area contributed by atoms with E-state index in [1.165, 1.54) is 4.68 Å². The van der Waals surface area contributed by atoms with Crippen LogP contribution in [0.4, 0.5) is 0 Å². The average Bonchev–Trinajstić information content (AvgIpc) is 3.77. The number of aromatic nitrogens is 3. The van der Waals surface area contributed by atoms with Crippen LogP contribution in [0.1, 0.15) is 75.3 Å². The summed E-state index contributed by atoms with van der Waals surface area (Å²) in [5, 5.41) is 13.7. The molecular formula is C37H51N7O8. The monoisotopic (exact) mass is 721 g/mol. The zero-order valence-corrected chi connectivity index (χ0v) is 31.0. The smallest absolute Gasteiger partial charge is 0.243 e. The number of methoxy groups -OCH3 is 3. The highest BCUT2D eigenvalue weighted by Gasteiger charge is 2.29. The number of carbonyl (C=O) groups excluding carboxylic acids is 3. The van der Waals surface area contributed by atoms with E-state index in [2.05, 4.69) is 20.9 Å². The van der Waals surface area contributed by atoms with Crippen LogP contribution in [0, 0.1) is 5.92 Å². The second kappa shape index (κ2) is 17.9. The number of rotatable bonds is 9. The average molecular weight is 722 g/mol. The first-order valence-corrected chi connectivity index (χ1v) is 17.8. The van der Waals surface area contributed by atoms with Crippen LogP contribution in [0.5, 0.6) is 28.7 Å². The van der Waals surface area contributed by atoms with E-state index in [0.717, 1.165) is 11.1 Å². The van der Waals surface area contributed by atoms with Gasteiger partial charge in [-0.25, -0.2) is 9.67 Å². The van der Waals surface area contributed by atoms with Crippen molar-refractivity contribution in [3.05, 3.63) is 53.1 Å². The molecule has 3 amide bonds. The normalized spacial score (nSPS) is 19.7. The zero-order valence-electron chi connectivity index (χ0n) is 31.0. The number of hydrogen-bond donors (Lipinski definition) is 3. The maximum Gasteiger partial charge on any atom is 0.243 e. The van der Waals surface area contributed by atoms with Crippen LogP contribution in [0.15, 0.2) is 30.3 Å². The molecule has 2 aliphatic heterocycles. The van der Waals surface area contributed by atoms with E-state index < -0.39 is 12.1 Å². The van der Waals surface area contributed by atoms with Gasteiger partial charge in [-0.1, -0.05) is 26.3 Å². The van der Waals surface area contributed by atoms with Crippen LogP contribution < -0.4 is 39.6 Å². The summed E-state index contributed by atoms with van der Waals surface area (Å²) in [5.41, 5.74) is 1.86. The Morgan fingerprint density at radius 1 is 0.923 bits per heavy atom. The summed E-state index contributed by atoms with van der Waals surface area (Å²) in [5.74, 6) is 3.05. The Hall–Kier alpha value is -5.05. The Kier molecular flexibility index (Phi) is 13.2. The molecule has 2 aromatic carbocycles. The molecule has 2 aliphatic rings. The number of ether oxygens (including phenoxy) is 5. The molecule has 3 aromatic rings. The minimum atomic E-state index is -0.748. The highest BCUT2D eigenvalue weighted by molar-refractivity contribution is 5.88. The number of hydrogen-bond acceptors (Lipinski definition) is 11. The molecule has 15 heteroatoms. The van der Waals surface area contributed by atoms with Gasteiger partial charge in [0.2, 0.25) is 30.3 Å². The molecule has 1 aromatic heterocycles. The van der Waals surface area contributed by atoms with E-state index in [1.807, 2.05) is 44.2 Å². The summed E-state index contributed by atoms with van der Waals surface area (Å²) in [6.45, 7) is 8.08. The molecule has 0 radical (unpaired) electrons. The predicted octanol–water partition coefficient (Wildman–Crippen LogP) is 3.13. The van der Waals surface area contributed by atoms with Crippen molar-refractivity contribution in [3.63, 3.8) is 0 Å². The van der Waals surface area contributed by atoms with E-state index in [1.54, 1.807) is 28.3 Å². The van der Waals surface area contributed by atoms with Crippen molar-refractivity contribution in [1.29, 1.82) is 0 Å². The highest BCUT2D eigenvalue weighted by Crippen LogP contribution is 2.42. The summed E-state index contributed by atoms with van der Waals surface area (Å²) in [6.07, 6.45) is 2.56. The maximum absolute atomic E-state index is 13.7. The van der Waals surface area contributed by atoms with Crippen molar-refractivity contribution in [1.82, 2.24) is 35.6 Å². The lowest BCUT2D eigenvalue weighted by Gasteiger charge is -2.26.